The number of likely N-dealkylation sites (tertiary alicyclic amines) is 1. The van der Waals surface area contributed by atoms with Gasteiger partial charge in [-0.05, 0) is 43.5 Å². The molecule has 0 bridgehead atoms. The maximum absolute atomic E-state index is 13.3. The van der Waals surface area contributed by atoms with Crippen LogP contribution in [0.5, 0.6) is 5.75 Å². The number of amides is 2. The first-order valence-electron chi connectivity index (χ1n) is 11.1. The minimum atomic E-state index is -0.825. The largest absolute Gasteiger partial charge is 0.476 e. The molecule has 9 heteroatoms. The molecule has 1 N–H and O–H groups in total. The van der Waals surface area contributed by atoms with Crippen molar-refractivity contribution in [1.82, 2.24) is 14.7 Å². The van der Waals surface area contributed by atoms with E-state index in [2.05, 4.69) is 5.10 Å². The second-order valence-electron chi connectivity index (χ2n) is 8.34. The smallest absolute Gasteiger partial charge is 0.273 e. The van der Waals surface area contributed by atoms with Crippen molar-refractivity contribution in [2.75, 3.05) is 24.5 Å². The van der Waals surface area contributed by atoms with Gasteiger partial charge in [0.1, 0.15) is 12.3 Å². The number of nitrogens with one attached hydrogen (secondary N) is 1. The molecule has 0 radical (unpaired) electrons. The lowest BCUT2D eigenvalue weighted by Crippen LogP contribution is -2.53. The summed E-state index contributed by atoms with van der Waals surface area (Å²) in [6.07, 6.45) is 2.18. The predicted octanol–water partition coefficient (Wildman–Crippen LogP) is 1.50. The molecule has 5 rings (SSSR count). The van der Waals surface area contributed by atoms with Gasteiger partial charge in [-0.15, -0.1) is 0 Å². The first kappa shape index (κ1) is 21.0. The highest BCUT2D eigenvalue weighted by atomic mass is 16.5. The van der Waals surface area contributed by atoms with Crippen molar-refractivity contribution in [2.24, 2.45) is 0 Å². The lowest BCUT2D eigenvalue weighted by molar-refractivity contribution is -0.139. The molecule has 2 aromatic carbocycles. The van der Waals surface area contributed by atoms with Gasteiger partial charge in [-0.1, -0.05) is 24.3 Å². The maximum atomic E-state index is 13.3. The normalized spacial score (nSPS) is 18.0. The monoisotopic (exact) mass is 448 g/mol. The van der Waals surface area contributed by atoms with Crippen LogP contribution in [0.2, 0.25) is 0 Å². The zero-order valence-electron chi connectivity index (χ0n) is 18.0. The second-order valence-corrected chi connectivity index (χ2v) is 8.34. The number of piperidine rings is 1. The highest BCUT2D eigenvalue weighted by Gasteiger charge is 2.36. The second kappa shape index (κ2) is 8.57. The van der Waals surface area contributed by atoms with Gasteiger partial charge in [-0.25, -0.2) is 4.68 Å². The Bertz CT molecular complexity index is 1340. The van der Waals surface area contributed by atoms with Crippen LogP contribution in [-0.4, -0.2) is 52.2 Å². The highest BCUT2D eigenvalue weighted by molar-refractivity contribution is 5.97. The highest BCUT2D eigenvalue weighted by Crippen LogP contribution is 2.34. The molecule has 1 fully saturated rings. The molecule has 2 aliphatic heterocycles. The summed E-state index contributed by atoms with van der Waals surface area (Å²) in [5.41, 5.74) is -0.374. The van der Waals surface area contributed by atoms with Crippen LogP contribution in [0.4, 0.5) is 5.69 Å². The fraction of sp³-hybridized carbons (Fsp3) is 0.333. The summed E-state index contributed by atoms with van der Waals surface area (Å²) in [5, 5.41) is 3.01. The van der Waals surface area contributed by atoms with Crippen molar-refractivity contribution in [3.63, 3.8) is 0 Å². The van der Waals surface area contributed by atoms with Crippen molar-refractivity contribution in [2.45, 2.75) is 31.9 Å². The van der Waals surface area contributed by atoms with E-state index in [1.165, 1.54) is 4.90 Å². The Morgan fingerprint density at radius 3 is 2.42 bits per heavy atom. The van der Waals surface area contributed by atoms with Gasteiger partial charge >= 0.3 is 0 Å². The Balaban J connectivity index is 1.45. The third-order valence-electron chi connectivity index (χ3n) is 6.20. The van der Waals surface area contributed by atoms with Gasteiger partial charge in [0.05, 0.1) is 23.0 Å². The van der Waals surface area contributed by atoms with Gasteiger partial charge in [0.25, 0.3) is 17.0 Å². The molecule has 3 aromatic rings. The Morgan fingerprint density at radius 1 is 0.939 bits per heavy atom. The number of carbonyl (C=O) groups is 2. The molecule has 0 aliphatic carbocycles. The molecule has 2 aliphatic rings. The Labute approximate surface area is 189 Å². The lowest BCUT2D eigenvalue weighted by atomic mass is 10.1. The van der Waals surface area contributed by atoms with E-state index in [4.69, 9.17) is 4.74 Å². The van der Waals surface area contributed by atoms with Crippen LogP contribution in [0.15, 0.2) is 58.1 Å². The first-order chi connectivity index (χ1) is 16.0. The molecule has 170 valence electrons. The van der Waals surface area contributed by atoms with Crippen molar-refractivity contribution in [3.8, 4) is 5.75 Å². The molecular formula is C24H24N4O5. The van der Waals surface area contributed by atoms with Crippen molar-refractivity contribution >= 4 is 28.3 Å². The van der Waals surface area contributed by atoms with Crippen molar-refractivity contribution in [3.05, 3.63) is 69.2 Å². The number of anilines is 1. The van der Waals surface area contributed by atoms with Crippen LogP contribution in [0.3, 0.4) is 0 Å². The number of benzene rings is 2. The molecule has 2 amide bonds. The molecule has 0 saturated carbocycles. The summed E-state index contributed by atoms with van der Waals surface area (Å²) >= 11 is 0. The van der Waals surface area contributed by atoms with E-state index in [0.29, 0.717) is 24.5 Å². The number of hydrogen-bond acceptors (Lipinski definition) is 5. The summed E-state index contributed by atoms with van der Waals surface area (Å²) in [6, 6.07) is 13.5. The molecular weight excluding hydrogens is 424 g/mol. The van der Waals surface area contributed by atoms with Crippen LogP contribution < -0.4 is 20.8 Å². The average Bonchev–Trinajstić information content (AvgIpc) is 2.86. The van der Waals surface area contributed by atoms with E-state index >= 15 is 0 Å². The number of para-hydroxylation sites is 2. The number of H-pyrrole nitrogens is 1. The van der Waals surface area contributed by atoms with E-state index in [-0.39, 0.29) is 29.8 Å². The summed E-state index contributed by atoms with van der Waals surface area (Å²) in [6.45, 7) is 1.04. The number of ether oxygens (including phenoxy) is 1. The van der Waals surface area contributed by atoms with Crippen molar-refractivity contribution < 1.29 is 14.3 Å². The molecule has 0 unspecified atom stereocenters. The van der Waals surface area contributed by atoms with Crippen LogP contribution >= 0.6 is 0 Å². The molecule has 1 aromatic heterocycles. The standard InChI is InChI=1S/C24H24N4O5/c29-21(15-28-23(31)17-9-3-2-8-16(17)22(30)25-28)27-14-20(24(32)26-12-6-1-7-13-26)33-19-11-5-4-10-18(19)27/h2-5,8-11,20H,1,6-7,12-15H2,(H,25,30)/t20-/m1/s1. The Kier molecular flexibility index (Phi) is 5.45. The number of aromatic amines is 1. The Hall–Kier alpha value is -3.88. The number of nitrogens with zero attached hydrogens (tertiary/aromatic N) is 3. The number of rotatable bonds is 3. The molecule has 33 heavy (non-hydrogen) atoms. The molecule has 1 atom stereocenters. The molecule has 9 nitrogen and oxygen atoms in total. The van der Waals surface area contributed by atoms with Gasteiger partial charge in [-0.2, -0.15) is 0 Å². The number of hydrogen-bond donors (Lipinski definition) is 1. The number of fused-ring (bicyclic) bond motifs is 2. The van der Waals surface area contributed by atoms with Gasteiger partial charge < -0.3 is 14.5 Å². The quantitative estimate of drug-likeness (QED) is 0.654. The van der Waals surface area contributed by atoms with E-state index in [9.17, 15) is 19.2 Å². The van der Waals surface area contributed by atoms with Gasteiger partial charge in [0.2, 0.25) is 5.91 Å². The van der Waals surface area contributed by atoms with E-state index < -0.39 is 23.1 Å². The van der Waals surface area contributed by atoms with Crippen LogP contribution in [-0.2, 0) is 16.1 Å². The maximum Gasteiger partial charge on any atom is 0.273 e. The van der Waals surface area contributed by atoms with Gasteiger partial charge in [0, 0.05) is 13.1 Å². The van der Waals surface area contributed by atoms with Gasteiger partial charge in [-0.3, -0.25) is 24.3 Å². The van der Waals surface area contributed by atoms with E-state index in [0.717, 1.165) is 23.9 Å². The number of aromatic nitrogens is 2. The minimum absolute atomic E-state index is 0.0394. The molecule has 0 spiro atoms. The third-order valence-corrected chi connectivity index (χ3v) is 6.20. The molecule has 1 saturated heterocycles. The SMILES string of the molecule is O=C([C@H]1CN(C(=O)Cn2[nH]c(=O)c3ccccc3c2=O)c2ccccc2O1)N1CCCCC1. The lowest BCUT2D eigenvalue weighted by Gasteiger charge is -2.37. The average molecular weight is 448 g/mol. The zero-order chi connectivity index (χ0) is 22.9. The Morgan fingerprint density at radius 2 is 1.64 bits per heavy atom. The van der Waals surface area contributed by atoms with E-state index in [1.807, 2.05) is 0 Å². The summed E-state index contributed by atoms with van der Waals surface area (Å²) < 4.78 is 6.99. The third kappa shape index (κ3) is 3.90. The van der Waals surface area contributed by atoms with Crippen LogP contribution in [0, 0.1) is 0 Å². The fourth-order valence-electron chi connectivity index (χ4n) is 4.50. The van der Waals surface area contributed by atoms with Crippen molar-refractivity contribution in [1.29, 1.82) is 0 Å². The van der Waals surface area contributed by atoms with E-state index in [1.54, 1.807) is 53.4 Å². The van der Waals surface area contributed by atoms with Crippen LogP contribution in [0.25, 0.3) is 10.8 Å². The first-order valence-corrected chi connectivity index (χ1v) is 11.1. The molecule has 3 heterocycles. The summed E-state index contributed by atoms with van der Waals surface area (Å²) in [5.74, 6) is -0.125. The summed E-state index contributed by atoms with van der Waals surface area (Å²) in [7, 11) is 0. The van der Waals surface area contributed by atoms with Crippen LogP contribution in [0.1, 0.15) is 19.3 Å². The summed E-state index contributed by atoms with van der Waals surface area (Å²) in [4.78, 5) is 55.0. The zero-order valence-corrected chi connectivity index (χ0v) is 18.0. The number of carbonyl (C=O) groups excluding carboxylic acids is 2. The van der Waals surface area contributed by atoms with Gasteiger partial charge in [0.15, 0.2) is 6.10 Å². The topological polar surface area (TPSA) is 105 Å². The minimum Gasteiger partial charge on any atom is -0.476 e. The fourth-order valence-corrected chi connectivity index (χ4v) is 4.50. The predicted molar refractivity (Wildman–Crippen MR) is 122 cm³/mol.